The van der Waals surface area contributed by atoms with Crippen LogP contribution in [0.15, 0.2) is 298 Å². The first-order chi connectivity index (χ1) is 36.3. The number of nitrogens with one attached hydrogen (secondary N) is 2. The first kappa shape index (κ1) is 53.1. The highest BCUT2D eigenvalue weighted by atomic mass is 15.2. The van der Waals surface area contributed by atoms with Gasteiger partial charge in [0.1, 0.15) is 6.17 Å². The van der Waals surface area contributed by atoms with Gasteiger partial charge in [-0.3, -0.25) is 15.3 Å². The van der Waals surface area contributed by atoms with Crippen LogP contribution < -0.4 is 10.6 Å². The van der Waals surface area contributed by atoms with E-state index in [2.05, 4.69) is 217 Å². The third kappa shape index (κ3) is 12.7. The zero-order valence-electron chi connectivity index (χ0n) is 43.5. The van der Waals surface area contributed by atoms with Crippen molar-refractivity contribution >= 4 is 0 Å². The van der Waals surface area contributed by atoms with E-state index in [0.717, 1.165) is 33.5 Å². The largest absolute Gasteiger partial charge is 0.366 e. The highest BCUT2D eigenvalue weighted by Gasteiger charge is 2.46. The lowest BCUT2D eigenvalue weighted by atomic mass is 9.68. The summed E-state index contributed by atoms with van der Waals surface area (Å²) in [5, 5.41) is 7.56. The van der Waals surface area contributed by atoms with E-state index >= 15 is 0 Å². The summed E-state index contributed by atoms with van der Waals surface area (Å²) >= 11 is 0. The second-order valence-electron chi connectivity index (χ2n) is 18.0. The summed E-state index contributed by atoms with van der Waals surface area (Å²) < 4.78 is 0. The number of rotatable bonds is 11. The Kier molecular flexibility index (Phi) is 19.1. The van der Waals surface area contributed by atoms with Gasteiger partial charge in [-0.1, -0.05) is 213 Å². The molecule has 2 N–H and O–H groups in total. The Labute approximate surface area is 441 Å². The van der Waals surface area contributed by atoms with Gasteiger partial charge in [-0.15, -0.1) is 0 Å². The molecule has 4 nitrogen and oxygen atoms in total. The van der Waals surface area contributed by atoms with E-state index in [1.165, 1.54) is 55.6 Å². The fourth-order valence-corrected chi connectivity index (χ4v) is 9.46. The van der Waals surface area contributed by atoms with Crippen molar-refractivity contribution in [1.29, 1.82) is 0 Å². The van der Waals surface area contributed by atoms with Crippen molar-refractivity contribution in [3.63, 3.8) is 0 Å². The van der Waals surface area contributed by atoms with E-state index in [9.17, 15) is 0 Å². The molecule has 2 aliphatic rings. The molecule has 0 amide bonds. The third-order valence-corrected chi connectivity index (χ3v) is 13.1. The molecule has 0 fully saturated rings. The summed E-state index contributed by atoms with van der Waals surface area (Å²) in [5.41, 5.74) is 18.6. The molecule has 0 bridgehead atoms. The summed E-state index contributed by atoms with van der Waals surface area (Å²) in [4.78, 5) is 8.24. The Morgan fingerprint density at radius 1 is 0.514 bits per heavy atom. The van der Waals surface area contributed by atoms with Gasteiger partial charge in [0.05, 0.1) is 11.5 Å². The van der Waals surface area contributed by atoms with E-state index in [0.29, 0.717) is 0 Å². The highest BCUT2D eigenvalue weighted by Crippen LogP contribution is 2.56. The lowest BCUT2D eigenvalue weighted by Crippen LogP contribution is -2.45. The van der Waals surface area contributed by atoms with Gasteiger partial charge in [-0.05, 0) is 161 Å². The van der Waals surface area contributed by atoms with Crippen molar-refractivity contribution in [1.82, 2.24) is 20.6 Å². The van der Waals surface area contributed by atoms with E-state index < -0.39 is 5.41 Å². The summed E-state index contributed by atoms with van der Waals surface area (Å²) in [7, 11) is 0. The van der Waals surface area contributed by atoms with Gasteiger partial charge in [0.15, 0.2) is 0 Å². The molecule has 3 atom stereocenters. The average molecular weight is 965 g/mol. The fourth-order valence-electron chi connectivity index (χ4n) is 9.46. The molecule has 0 spiro atoms. The van der Waals surface area contributed by atoms with Gasteiger partial charge in [-0.2, -0.15) is 0 Å². The number of pyridine rings is 2. The van der Waals surface area contributed by atoms with Gasteiger partial charge in [0.25, 0.3) is 0 Å². The van der Waals surface area contributed by atoms with Gasteiger partial charge in [-0.25, -0.2) is 0 Å². The van der Waals surface area contributed by atoms with E-state index in [1.54, 1.807) is 18.5 Å². The normalized spacial score (nSPS) is 16.6. The second kappa shape index (κ2) is 26.7. The summed E-state index contributed by atoms with van der Waals surface area (Å²) in [6.45, 7) is 22.1. The highest BCUT2D eigenvalue weighted by molar-refractivity contribution is 5.89. The van der Waals surface area contributed by atoms with Crippen LogP contribution >= 0.6 is 0 Å². The summed E-state index contributed by atoms with van der Waals surface area (Å²) in [6, 6.07) is 62.9. The second-order valence-corrected chi connectivity index (χ2v) is 18.0. The van der Waals surface area contributed by atoms with E-state index in [1.807, 2.05) is 101 Å². The minimum atomic E-state index is -0.449. The maximum Gasteiger partial charge on any atom is 0.104 e. The molecular weight excluding hydrogens is 897 g/mol. The summed E-state index contributed by atoms with van der Waals surface area (Å²) in [6.07, 6.45) is 27.2. The molecule has 0 saturated heterocycles. The van der Waals surface area contributed by atoms with Crippen molar-refractivity contribution in [2.75, 3.05) is 0 Å². The Bertz CT molecular complexity index is 3190. The Morgan fingerprint density at radius 2 is 1.07 bits per heavy atom. The Balaban J connectivity index is 0.000000375. The molecule has 8 aromatic rings. The molecular formula is C70H68N4. The molecule has 4 heteroatoms. The van der Waals surface area contributed by atoms with Crippen LogP contribution in [0.5, 0.6) is 0 Å². The van der Waals surface area contributed by atoms with Crippen LogP contribution in [-0.4, -0.2) is 16.0 Å². The number of aromatic nitrogens is 2. The fraction of sp³-hybridized carbons (Fsp3) is 0.114. The number of fused-ring (bicyclic) bond motifs is 3. The molecule has 3 heterocycles. The molecule has 368 valence electrons. The minimum Gasteiger partial charge on any atom is -0.366 e. The summed E-state index contributed by atoms with van der Waals surface area (Å²) in [5.74, 6) is 0. The lowest BCUT2D eigenvalue weighted by molar-refractivity contribution is 0.440. The standard InChI is InChI=1S/C53H45N3.C7H8.C6H7N.C4H8/c1-5-16-37(8-4)50-36-51(38(17-6-2)18-7-3)56-52(55-50)43-22-15-21-41(34-43)39-19-14-20-40(33-39)42-27-28-49-47(35-42)46-25-12-13-26-48(46)53(49,44-23-10-9-11-24-44)45-29-31-54-32-30-45;1-7-5-3-2-4-6-7;1-6-2-4-7-5-3-6;1-3-4-2/h5-36,51-52,55-56H,1-2,4H2,3H3;2-6H,1H3;2-5H,1H3;3-4H,1-2H3/b18-7-,37-16+,38-17+;;;4-3-. The van der Waals surface area contributed by atoms with E-state index in [-0.39, 0.29) is 12.2 Å². The zero-order chi connectivity index (χ0) is 52.1. The van der Waals surface area contributed by atoms with Crippen LogP contribution in [0.4, 0.5) is 0 Å². The molecule has 1 aliphatic heterocycles. The lowest BCUT2D eigenvalue weighted by Gasteiger charge is -2.34. The number of hydrogen-bond acceptors (Lipinski definition) is 4. The maximum atomic E-state index is 4.39. The minimum absolute atomic E-state index is 0.0466. The van der Waals surface area contributed by atoms with Crippen molar-refractivity contribution in [3.05, 3.63) is 337 Å². The Hall–Kier alpha value is -8.70. The van der Waals surface area contributed by atoms with Crippen LogP contribution in [0.3, 0.4) is 0 Å². The average Bonchev–Trinajstić information content (AvgIpc) is 3.78. The first-order valence-electron chi connectivity index (χ1n) is 25.3. The smallest absolute Gasteiger partial charge is 0.104 e. The molecule has 1 aliphatic carbocycles. The topological polar surface area (TPSA) is 49.8 Å². The van der Waals surface area contributed by atoms with Gasteiger partial charge >= 0.3 is 0 Å². The number of nitrogens with zero attached hydrogens (tertiary/aromatic N) is 2. The zero-order valence-corrected chi connectivity index (χ0v) is 43.5. The number of benzene rings is 6. The molecule has 10 rings (SSSR count). The molecule has 6 aromatic carbocycles. The predicted octanol–water partition coefficient (Wildman–Crippen LogP) is 17.2. The quantitative estimate of drug-likeness (QED) is 0.100. The maximum absolute atomic E-state index is 4.39. The number of allylic oxidation sites excluding steroid dienone is 8. The number of hydrogen-bond donors (Lipinski definition) is 2. The number of aryl methyl sites for hydroxylation is 2. The molecule has 74 heavy (non-hydrogen) atoms. The Morgan fingerprint density at radius 3 is 1.65 bits per heavy atom. The third-order valence-electron chi connectivity index (χ3n) is 13.1. The van der Waals surface area contributed by atoms with Crippen LogP contribution in [0.1, 0.15) is 65.9 Å². The molecule has 3 unspecified atom stereocenters. The van der Waals surface area contributed by atoms with Gasteiger partial charge in [0.2, 0.25) is 0 Å². The van der Waals surface area contributed by atoms with Crippen molar-refractivity contribution in [2.45, 2.75) is 52.2 Å². The predicted molar refractivity (Wildman–Crippen MR) is 316 cm³/mol. The van der Waals surface area contributed by atoms with Gasteiger partial charge < -0.3 is 5.32 Å². The molecule has 2 aromatic heterocycles. The van der Waals surface area contributed by atoms with Crippen molar-refractivity contribution in [3.8, 4) is 33.4 Å². The molecule has 0 radical (unpaired) electrons. The first-order valence-corrected chi connectivity index (χ1v) is 25.3. The van der Waals surface area contributed by atoms with Crippen LogP contribution in [0.2, 0.25) is 0 Å². The van der Waals surface area contributed by atoms with Crippen LogP contribution in [0, 0.1) is 13.8 Å². The molecule has 0 saturated carbocycles. The SMILES string of the molecule is C/C=C\C.C=C/C=C(\C=C)C1=CC(C(/C=C\C)=C/C=C)NC(c2cccc(-c3cccc(-c4ccc5c(c4)-c4ccccc4C5(c4ccccc4)c4ccncc4)c3)c2)N1.Cc1ccccc1.Cc1ccncc1. The monoisotopic (exact) mass is 965 g/mol. The van der Waals surface area contributed by atoms with Crippen LogP contribution in [0.25, 0.3) is 33.4 Å². The van der Waals surface area contributed by atoms with Crippen molar-refractivity contribution < 1.29 is 0 Å². The van der Waals surface area contributed by atoms with Crippen LogP contribution in [-0.2, 0) is 5.41 Å². The van der Waals surface area contributed by atoms with Gasteiger partial charge in [0, 0.05) is 30.5 Å². The van der Waals surface area contributed by atoms with E-state index in [4.69, 9.17) is 0 Å². The van der Waals surface area contributed by atoms with Crippen molar-refractivity contribution in [2.24, 2.45) is 0 Å².